The second-order valence-electron chi connectivity index (χ2n) is 5.97. The zero-order chi connectivity index (χ0) is 18.4. The number of nitrogens with two attached hydrogens (primary N) is 1. The Labute approximate surface area is 162 Å². The van der Waals surface area contributed by atoms with Gasteiger partial charge in [-0.25, -0.2) is 4.79 Å². The molecule has 0 aliphatic heterocycles. The minimum atomic E-state index is -0.528. The predicted octanol–water partition coefficient (Wildman–Crippen LogP) is 4.06. The van der Waals surface area contributed by atoms with Crippen LogP contribution in [0.15, 0.2) is 36.4 Å². The number of nitrogens with zero attached hydrogens (tertiary/aromatic N) is 2. The molecule has 0 fully saturated rings. The number of anilines is 1. The van der Waals surface area contributed by atoms with E-state index in [1.54, 1.807) is 0 Å². The largest absolute Gasteiger partial charge is 0.464 e. The van der Waals surface area contributed by atoms with Crippen molar-refractivity contribution < 1.29 is 9.53 Å². The number of rotatable bonds is 2. The molecule has 0 spiro atoms. The lowest BCUT2D eigenvalue weighted by molar-refractivity contribution is 0.0595. The monoisotopic (exact) mass is 458 g/mol. The van der Waals surface area contributed by atoms with Gasteiger partial charge in [-0.1, -0.05) is 18.2 Å². The van der Waals surface area contributed by atoms with Crippen LogP contribution < -0.4 is 5.73 Å². The van der Waals surface area contributed by atoms with E-state index in [-0.39, 0.29) is 5.69 Å². The smallest absolute Gasteiger partial charge is 0.360 e. The first-order chi connectivity index (χ1) is 12.5. The van der Waals surface area contributed by atoms with Crippen LogP contribution in [0.1, 0.15) is 16.1 Å². The number of fused-ring (bicyclic) bond motifs is 3. The molecule has 0 aliphatic rings. The quantitative estimate of drug-likeness (QED) is 0.269. The number of esters is 1. The summed E-state index contributed by atoms with van der Waals surface area (Å²) < 4.78 is 5.96. The standard InChI is InChI=1S/C19H15IN4O2/c1-9-11(4-3-5-13(9)21)16-15-12-7-6-10(20)8-14(12)22-17(15)18(24-23-16)19(25)26-2/h3-8,22H,21H2,1-2H3. The number of carbonyl (C=O) groups is 1. The van der Waals surface area contributed by atoms with Gasteiger partial charge in [0, 0.05) is 31.1 Å². The van der Waals surface area contributed by atoms with Crippen molar-refractivity contribution in [2.75, 3.05) is 12.8 Å². The highest BCUT2D eigenvalue weighted by atomic mass is 127. The molecule has 0 bridgehead atoms. The minimum absolute atomic E-state index is 0.166. The van der Waals surface area contributed by atoms with Gasteiger partial charge in [0.25, 0.3) is 0 Å². The SMILES string of the molecule is COC(=O)c1nnc(-c2cccc(N)c2C)c2c1[nH]c1cc(I)ccc12. The molecule has 4 aromatic rings. The van der Waals surface area contributed by atoms with Gasteiger partial charge in [-0.3, -0.25) is 0 Å². The van der Waals surface area contributed by atoms with Crippen LogP contribution in [-0.2, 0) is 4.74 Å². The summed E-state index contributed by atoms with van der Waals surface area (Å²) in [5, 5.41) is 10.3. The van der Waals surface area contributed by atoms with Gasteiger partial charge < -0.3 is 15.5 Å². The van der Waals surface area contributed by atoms with E-state index in [9.17, 15) is 4.79 Å². The Bertz CT molecular complexity index is 1180. The fourth-order valence-corrected chi connectivity index (χ4v) is 3.62. The van der Waals surface area contributed by atoms with E-state index in [0.717, 1.165) is 31.0 Å². The maximum absolute atomic E-state index is 12.2. The molecule has 0 atom stereocenters. The normalized spacial score (nSPS) is 11.2. The van der Waals surface area contributed by atoms with Crippen LogP contribution in [0, 0.1) is 10.5 Å². The highest BCUT2D eigenvalue weighted by molar-refractivity contribution is 14.1. The number of hydrogen-bond donors (Lipinski definition) is 2. The van der Waals surface area contributed by atoms with Gasteiger partial charge in [0.05, 0.1) is 12.6 Å². The first kappa shape index (κ1) is 16.8. The van der Waals surface area contributed by atoms with Crippen LogP contribution in [0.2, 0.25) is 0 Å². The van der Waals surface area contributed by atoms with Crippen molar-refractivity contribution in [2.45, 2.75) is 6.92 Å². The van der Waals surface area contributed by atoms with E-state index in [1.807, 2.05) is 43.3 Å². The average Bonchev–Trinajstić information content (AvgIpc) is 3.01. The number of aromatic nitrogens is 3. The zero-order valence-corrected chi connectivity index (χ0v) is 16.3. The van der Waals surface area contributed by atoms with Crippen LogP contribution in [0.4, 0.5) is 5.69 Å². The van der Waals surface area contributed by atoms with E-state index < -0.39 is 5.97 Å². The summed E-state index contributed by atoms with van der Waals surface area (Å²) in [6, 6.07) is 11.8. The Morgan fingerprint density at radius 1 is 1.23 bits per heavy atom. The summed E-state index contributed by atoms with van der Waals surface area (Å²) in [5.41, 5.74) is 10.9. The Morgan fingerprint density at radius 3 is 2.81 bits per heavy atom. The molecule has 0 radical (unpaired) electrons. The molecule has 130 valence electrons. The highest BCUT2D eigenvalue weighted by Crippen LogP contribution is 2.36. The molecule has 6 nitrogen and oxygen atoms in total. The number of nitrogen functional groups attached to an aromatic ring is 1. The average molecular weight is 458 g/mol. The van der Waals surface area contributed by atoms with E-state index in [2.05, 4.69) is 37.8 Å². The maximum atomic E-state index is 12.2. The number of aromatic amines is 1. The third-order valence-electron chi connectivity index (χ3n) is 4.49. The van der Waals surface area contributed by atoms with Crippen LogP contribution in [-0.4, -0.2) is 28.3 Å². The summed E-state index contributed by atoms with van der Waals surface area (Å²) in [5.74, 6) is -0.528. The Kier molecular flexibility index (Phi) is 4.03. The van der Waals surface area contributed by atoms with Crippen LogP contribution in [0.25, 0.3) is 33.1 Å². The minimum Gasteiger partial charge on any atom is -0.464 e. The predicted molar refractivity (Wildman–Crippen MR) is 110 cm³/mol. The second kappa shape index (κ2) is 6.24. The fraction of sp³-hybridized carbons (Fsp3) is 0.105. The lowest BCUT2D eigenvalue weighted by Crippen LogP contribution is -2.07. The van der Waals surface area contributed by atoms with Crippen LogP contribution >= 0.6 is 22.6 Å². The molecule has 0 unspecified atom stereocenters. The number of nitrogens with one attached hydrogen (secondary N) is 1. The van der Waals surface area contributed by atoms with Crippen molar-refractivity contribution in [3.05, 3.63) is 51.2 Å². The van der Waals surface area contributed by atoms with Crippen LogP contribution in [0.5, 0.6) is 0 Å². The number of hydrogen-bond acceptors (Lipinski definition) is 5. The number of halogens is 1. The molecule has 7 heteroatoms. The maximum Gasteiger partial charge on any atom is 0.360 e. The number of benzene rings is 2. The summed E-state index contributed by atoms with van der Waals surface area (Å²) in [7, 11) is 1.33. The van der Waals surface area contributed by atoms with Crippen molar-refractivity contribution in [1.82, 2.24) is 15.2 Å². The lowest BCUT2D eigenvalue weighted by Gasteiger charge is -2.10. The third-order valence-corrected chi connectivity index (χ3v) is 5.16. The van der Waals surface area contributed by atoms with Gasteiger partial charge in [0.1, 0.15) is 5.69 Å². The van der Waals surface area contributed by atoms with Gasteiger partial charge in [0.15, 0.2) is 5.69 Å². The number of H-pyrrole nitrogens is 1. The molecule has 0 amide bonds. The van der Waals surface area contributed by atoms with E-state index in [1.165, 1.54) is 7.11 Å². The highest BCUT2D eigenvalue weighted by Gasteiger charge is 2.22. The van der Waals surface area contributed by atoms with Gasteiger partial charge in [0.2, 0.25) is 0 Å². The fourth-order valence-electron chi connectivity index (χ4n) is 3.13. The molecule has 0 aliphatic carbocycles. The van der Waals surface area contributed by atoms with E-state index in [0.29, 0.717) is 16.9 Å². The van der Waals surface area contributed by atoms with E-state index >= 15 is 0 Å². The molecule has 2 aromatic carbocycles. The zero-order valence-electron chi connectivity index (χ0n) is 14.1. The first-order valence-corrected chi connectivity index (χ1v) is 9.00. The number of carbonyl (C=O) groups excluding carboxylic acids is 1. The number of ether oxygens (including phenoxy) is 1. The first-order valence-electron chi connectivity index (χ1n) is 7.92. The Hall–Kier alpha value is -2.68. The van der Waals surface area contributed by atoms with Crippen molar-refractivity contribution in [3.8, 4) is 11.3 Å². The van der Waals surface area contributed by atoms with Gasteiger partial charge in [-0.15, -0.1) is 10.2 Å². The van der Waals surface area contributed by atoms with Crippen molar-refractivity contribution in [1.29, 1.82) is 0 Å². The Morgan fingerprint density at radius 2 is 2.04 bits per heavy atom. The molecule has 26 heavy (non-hydrogen) atoms. The van der Waals surface area contributed by atoms with Gasteiger partial charge >= 0.3 is 5.97 Å². The summed E-state index contributed by atoms with van der Waals surface area (Å²) >= 11 is 2.25. The lowest BCUT2D eigenvalue weighted by atomic mass is 10.00. The molecule has 4 rings (SSSR count). The molecule has 0 saturated heterocycles. The number of methoxy groups -OCH3 is 1. The molecular weight excluding hydrogens is 443 g/mol. The van der Waals surface area contributed by atoms with Gasteiger partial charge in [-0.2, -0.15) is 0 Å². The van der Waals surface area contributed by atoms with Crippen molar-refractivity contribution in [3.63, 3.8) is 0 Å². The summed E-state index contributed by atoms with van der Waals surface area (Å²) in [6.45, 7) is 1.95. The third kappa shape index (κ3) is 2.50. The molecular formula is C19H15IN4O2. The second-order valence-corrected chi connectivity index (χ2v) is 7.22. The molecule has 2 aromatic heterocycles. The van der Waals surface area contributed by atoms with Crippen LogP contribution in [0.3, 0.4) is 0 Å². The van der Waals surface area contributed by atoms with Crippen molar-refractivity contribution in [2.24, 2.45) is 0 Å². The summed E-state index contributed by atoms with van der Waals surface area (Å²) in [6.07, 6.45) is 0. The summed E-state index contributed by atoms with van der Waals surface area (Å²) in [4.78, 5) is 15.5. The molecule has 0 saturated carbocycles. The molecule has 2 heterocycles. The topological polar surface area (TPSA) is 93.9 Å². The van der Waals surface area contributed by atoms with E-state index in [4.69, 9.17) is 10.5 Å². The van der Waals surface area contributed by atoms with Crippen molar-refractivity contribution >= 4 is 56.1 Å². The Balaban J connectivity index is 2.16. The van der Waals surface area contributed by atoms with Gasteiger partial charge in [-0.05, 0) is 53.3 Å². The molecule has 3 N–H and O–H groups in total.